The predicted octanol–water partition coefficient (Wildman–Crippen LogP) is 2.91. The number of rotatable bonds is 4. The molecule has 0 fully saturated rings. The number of aromatic hydroxyl groups is 1. The number of anilines is 1. The van der Waals surface area contributed by atoms with E-state index in [2.05, 4.69) is 11.9 Å². The summed E-state index contributed by atoms with van der Waals surface area (Å²) in [6, 6.07) is 3.71. The van der Waals surface area contributed by atoms with Gasteiger partial charge in [0.2, 0.25) is 0 Å². The molecule has 0 aliphatic carbocycles. The first-order valence-electron chi connectivity index (χ1n) is 6.43. The fraction of sp³-hybridized carbons (Fsp3) is 0.333. The minimum Gasteiger partial charge on any atom is -0.505 e. The van der Waals surface area contributed by atoms with E-state index in [-0.39, 0.29) is 11.3 Å². The number of carboxylic acids is 1. The average Bonchev–Trinajstić information content (AvgIpc) is 2.36. The van der Waals surface area contributed by atoms with Gasteiger partial charge in [0.05, 0.1) is 5.69 Å². The molecular formula is C15H20N2O4. The van der Waals surface area contributed by atoms with E-state index in [4.69, 9.17) is 5.11 Å². The quantitative estimate of drug-likeness (QED) is 0.588. The van der Waals surface area contributed by atoms with Gasteiger partial charge in [-0.1, -0.05) is 12.1 Å². The lowest BCUT2D eigenvalue weighted by molar-refractivity contribution is 0.0693. The summed E-state index contributed by atoms with van der Waals surface area (Å²) in [6.45, 7) is 9.53. The van der Waals surface area contributed by atoms with Gasteiger partial charge >= 0.3 is 12.0 Å². The highest BCUT2D eigenvalue weighted by atomic mass is 16.4. The number of hydrogen-bond acceptors (Lipinski definition) is 3. The van der Waals surface area contributed by atoms with Gasteiger partial charge in [0.25, 0.3) is 0 Å². The van der Waals surface area contributed by atoms with Crippen LogP contribution in [0.5, 0.6) is 5.75 Å². The third kappa shape index (κ3) is 3.98. The fourth-order valence-corrected chi connectivity index (χ4v) is 1.79. The minimum absolute atomic E-state index is 0.0539. The molecule has 0 unspecified atom stereocenters. The average molecular weight is 292 g/mol. The van der Waals surface area contributed by atoms with E-state index < -0.39 is 23.3 Å². The SMILES string of the molecule is C=CCN(C(=O)Nc1cccc(C(=O)O)c1O)C(C)(C)C. The molecule has 0 aromatic heterocycles. The van der Waals surface area contributed by atoms with Gasteiger partial charge in [0.1, 0.15) is 5.56 Å². The highest BCUT2D eigenvalue weighted by Crippen LogP contribution is 2.28. The Morgan fingerprint density at radius 3 is 2.48 bits per heavy atom. The number of benzene rings is 1. The Hall–Kier alpha value is -2.50. The van der Waals surface area contributed by atoms with Crippen molar-refractivity contribution >= 4 is 17.7 Å². The van der Waals surface area contributed by atoms with Crippen LogP contribution < -0.4 is 5.32 Å². The van der Waals surface area contributed by atoms with E-state index in [9.17, 15) is 14.7 Å². The summed E-state index contributed by atoms with van der Waals surface area (Å²) in [4.78, 5) is 24.8. The number of hydrogen-bond donors (Lipinski definition) is 3. The van der Waals surface area contributed by atoms with Crippen molar-refractivity contribution in [1.82, 2.24) is 4.90 Å². The second kappa shape index (κ2) is 6.30. The molecule has 0 saturated heterocycles. The number of urea groups is 1. The summed E-state index contributed by atoms with van der Waals surface area (Å²) in [5.41, 5.74) is -0.657. The zero-order valence-corrected chi connectivity index (χ0v) is 12.4. The Morgan fingerprint density at radius 1 is 1.38 bits per heavy atom. The number of nitrogens with one attached hydrogen (secondary N) is 1. The molecule has 0 atom stereocenters. The molecule has 0 saturated carbocycles. The van der Waals surface area contributed by atoms with Crippen molar-refractivity contribution in [2.45, 2.75) is 26.3 Å². The van der Waals surface area contributed by atoms with E-state index in [1.165, 1.54) is 23.1 Å². The number of phenols is 1. The topological polar surface area (TPSA) is 89.9 Å². The van der Waals surface area contributed by atoms with E-state index in [1.54, 1.807) is 6.08 Å². The third-order valence-electron chi connectivity index (χ3n) is 2.87. The van der Waals surface area contributed by atoms with Crippen LogP contribution in [0.2, 0.25) is 0 Å². The van der Waals surface area contributed by atoms with Gasteiger partial charge in [0.15, 0.2) is 5.75 Å². The second-order valence-electron chi connectivity index (χ2n) is 5.51. The standard InChI is InChI=1S/C15H20N2O4/c1-5-9-17(15(2,3)4)14(21)16-11-8-6-7-10(12(11)18)13(19)20/h5-8,18H,1,9H2,2-4H3,(H,16,21)(H,19,20). The lowest BCUT2D eigenvalue weighted by Gasteiger charge is -2.34. The Labute approximate surface area is 123 Å². The Balaban J connectivity index is 3.05. The number of carbonyl (C=O) groups excluding carboxylic acids is 1. The first-order valence-corrected chi connectivity index (χ1v) is 6.43. The molecule has 1 rings (SSSR count). The molecule has 0 aliphatic rings. The first-order chi connectivity index (χ1) is 9.68. The Bertz CT molecular complexity index is 561. The lowest BCUT2D eigenvalue weighted by Crippen LogP contribution is -2.47. The maximum Gasteiger partial charge on any atom is 0.339 e. The smallest absolute Gasteiger partial charge is 0.339 e. The van der Waals surface area contributed by atoms with Crippen LogP contribution in [0.25, 0.3) is 0 Å². The zero-order valence-electron chi connectivity index (χ0n) is 12.4. The molecule has 0 spiro atoms. The lowest BCUT2D eigenvalue weighted by atomic mass is 10.1. The van der Waals surface area contributed by atoms with Gasteiger partial charge in [-0.15, -0.1) is 6.58 Å². The van der Waals surface area contributed by atoms with Crippen molar-refractivity contribution in [1.29, 1.82) is 0 Å². The van der Waals surface area contributed by atoms with Gasteiger partial charge in [-0.2, -0.15) is 0 Å². The van der Waals surface area contributed by atoms with Gasteiger partial charge in [-0.3, -0.25) is 0 Å². The third-order valence-corrected chi connectivity index (χ3v) is 2.87. The van der Waals surface area contributed by atoms with Crippen molar-refractivity contribution in [2.75, 3.05) is 11.9 Å². The van der Waals surface area contributed by atoms with E-state index >= 15 is 0 Å². The summed E-state index contributed by atoms with van der Waals surface area (Å²) in [5, 5.41) is 21.4. The van der Waals surface area contributed by atoms with Gasteiger partial charge in [-0.05, 0) is 32.9 Å². The first kappa shape index (κ1) is 16.6. The maximum atomic E-state index is 12.3. The molecule has 3 N–H and O–H groups in total. The van der Waals surface area contributed by atoms with Crippen LogP contribution >= 0.6 is 0 Å². The second-order valence-corrected chi connectivity index (χ2v) is 5.51. The number of nitrogens with zero attached hydrogens (tertiary/aromatic N) is 1. The predicted molar refractivity (Wildman–Crippen MR) is 80.7 cm³/mol. The summed E-state index contributed by atoms with van der Waals surface area (Å²) in [7, 11) is 0. The zero-order chi connectivity index (χ0) is 16.2. The molecule has 0 radical (unpaired) electrons. The van der Waals surface area contributed by atoms with Crippen LogP contribution in [0.4, 0.5) is 10.5 Å². The van der Waals surface area contributed by atoms with E-state index in [0.29, 0.717) is 6.54 Å². The largest absolute Gasteiger partial charge is 0.505 e. The van der Waals surface area contributed by atoms with E-state index in [0.717, 1.165) is 0 Å². The van der Waals surface area contributed by atoms with E-state index in [1.807, 2.05) is 20.8 Å². The van der Waals surface area contributed by atoms with Crippen LogP contribution in [-0.2, 0) is 0 Å². The normalized spacial score (nSPS) is 10.8. The van der Waals surface area contributed by atoms with Crippen LogP contribution in [0.1, 0.15) is 31.1 Å². The monoisotopic (exact) mass is 292 g/mol. The number of carbonyl (C=O) groups is 2. The Kier molecular flexibility index (Phi) is 4.97. The van der Waals surface area contributed by atoms with Crippen molar-refractivity contribution in [3.8, 4) is 5.75 Å². The summed E-state index contributed by atoms with van der Waals surface area (Å²) >= 11 is 0. The summed E-state index contributed by atoms with van der Waals surface area (Å²) in [5.74, 6) is -1.73. The highest BCUT2D eigenvalue weighted by molar-refractivity contribution is 5.97. The highest BCUT2D eigenvalue weighted by Gasteiger charge is 2.26. The number of aromatic carboxylic acids is 1. The van der Waals surface area contributed by atoms with Crippen LogP contribution in [-0.4, -0.2) is 39.2 Å². The van der Waals surface area contributed by atoms with Crippen LogP contribution in [0.3, 0.4) is 0 Å². The Morgan fingerprint density at radius 2 is 2.00 bits per heavy atom. The maximum absolute atomic E-state index is 12.3. The summed E-state index contributed by atoms with van der Waals surface area (Å²) < 4.78 is 0. The minimum atomic E-state index is -1.26. The van der Waals surface area contributed by atoms with Crippen molar-refractivity contribution < 1.29 is 19.8 Å². The van der Waals surface area contributed by atoms with Crippen LogP contribution in [0.15, 0.2) is 30.9 Å². The summed E-state index contributed by atoms with van der Waals surface area (Å²) in [6.07, 6.45) is 1.60. The fourth-order valence-electron chi connectivity index (χ4n) is 1.79. The molecule has 0 heterocycles. The van der Waals surface area contributed by atoms with Gasteiger partial charge < -0.3 is 20.4 Å². The number of carboxylic acid groups (broad SMARTS) is 1. The molecule has 2 amide bonds. The molecule has 6 heteroatoms. The van der Waals surface area contributed by atoms with Gasteiger partial charge in [-0.25, -0.2) is 9.59 Å². The van der Waals surface area contributed by atoms with Gasteiger partial charge in [0, 0.05) is 12.1 Å². The van der Waals surface area contributed by atoms with Crippen molar-refractivity contribution in [2.24, 2.45) is 0 Å². The molecule has 0 bridgehead atoms. The van der Waals surface area contributed by atoms with Crippen LogP contribution in [0, 0.1) is 0 Å². The van der Waals surface area contributed by atoms with Crippen molar-refractivity contribution in [3.63, 3.8) is 0 Å². The molecule has 6 nitrogen and oxygen atoms in total. The molecular weight excluding hydrogens is 272 g/mol. The molecule has 0 aliphatic heterocycles. The van der Waals surface area contributed by atoms with Crippen molar-refractivity contribution in [3.05, 3.63) is 36.4 Å². The molecule has 1 aromatic carbocycles. The number of para-hydroxylation sites is 1. The number of amides is 2. The molecule has 114 valence electrons. The molecule has 21 heavy (non-hydrogen) atoms. The molecule has 1 aromatic rings.